The molecule has 0 N–H and O–H groups in total. The molecule has 1 aliphatic heterocycles. The van der Waals surface area contributed by atoms with Crippen molar-refractivity contribution in [1.82, 2.24) is 24.9 Å². The number of amides is 1. The van der Waals surface area contributed by atoms with Crippen molar-refractivity contribution in [2.45, 2.75) is 25.9 Å². The van der Waals surface area contributed by atoms with Gasteiger partial charge in [0.2, 0.25) is 17.6 Å². The molecule has 1 atom stereocenters. The lowest BCUT2D eigenvalue weighted by molar-refractivity contribution is -0.137. The number of piperidine rings is 1. The highest BCUT2D eigenvalue weighted by Crippen LogP contribution is 2.21. The lowest BCUT2D eigenvalue weighted by Gasteiger charge is -2.33. The lowest BCUT2D eigenvalue weighted by Crippen LogP contribution is -2.43. The van der Waals surface area contributed by atoms with Gasteiger partial charge in [0.05, 0.1) is 25.3 Å². The second-order valence-electron chi connectivity index (χ2n) is 7.10. The number of pyridine rings is 1. The Bertz CT molecular complexity index is 894. The van der Waals surface area contributed by atoms with Crippen LogP contribution in [0.1, 0.15) is 24.5 Å². The Hall–Kier alpha value is -3.00. The summed E-state index contributed by atoms with van der Waals surface area (Å²) in [5.41, 5.74) is 0.833. The van der Waals surface area contributed by atoms with Gasteiger partial charge >= 0.3 is 0 Å². The molecule has 1 saturated heterocycles. The molecule has 3 aromatic heterocycles. The maximum absolute atomic E-state index is 12.9. The van der Waals surface area contributed by atoms with Crippen molar-refractivity contribution in [2.75, 3.05) is 20.1 Å². The molecule has 1 aliphatic rings. The molecule has 8 heteroatoms. The van der Waals surface area contributed by atoms with Gasteiger partial charge in [0.15, 0.2) is 0 Å². The van der Waals surface area contributed by atoms with Crippen LogP contribution in [0.25, 0.3) is 11.4 Å². The molecule has 4 heterocycles. The normalized spacial score (nSPS) is 17.5. The highest BCUT2D eigenvalue weighted by atomic mass is 16.5. The van der Waals surface area contributed by atoms with Crippen LogP contribution in [0, 0.1) is 5.92 Å². The van der Waals surface area contributed by atoms with Crippen LogP contribution in [0.4, 0.5) is 0 Å². The fourth-order valence-electron chi connectivity index (χ4n) is 3.55. The predicted molar refractivity (Wildman–Crippen MR) is 101 cm³/mol. The summed E-state index contributed by atoms with van der Waals surface area (Å²) in [4.78, 5) is 25.2. The Labute approximate surface area is 163 Å². The monoisotopic (exact) mass is 381 g/mol. The van der Waals surface area contributed by atoms with Gasteiger partial charge < -0.3 is 13.8 Å². The molecule has 0 spiro atoms. The molecule has 3 aromatic rings. The Balaban J connectivity index is 1.35. The van der Waals surface area contributed by atoms with Crippen molar-refractivity contribution >= 4 is 5.91 Å². The van der Waals surface area contributed by atoms with E-state index in [0.717, 1.165) is 43.8 Å². The van der Waals surface area contributed by atoms with Crippen molar-refractivity contribution in [3.63, 3.8) is 0 Å². The summed E-state index contributed by atoms with van der Waals surface area (Å²) in [6.45, 7) is 2.74. The first-order valence-corrected chi connectivity index (χ1v) is 9.42. The first-order chi connectivity index (χ1) is 13.7. The van der Waals surface area contributed by atoms with E-state index < -0.39 is 0 Å². The van der Waals surface area contributed by atoms with Gasteiger partial charge in [-0.2, -0.15) is 4.98 Å². The summed E-state index contributed by atoms with van der Waals surface area (Å²) < 4.78 is 10.7. The summed E-state index contributed by atoms with van der Waals surface area (Å²) in [5, 5.41) is 3.99. The molecule has 1 unspecified atom stereocenters. The van der Waals surface area contributed by atoms with E-state index in [1.807, 2.05) is 24.3 Å². The summed E-state index contributed by atoms with van der Waals surface area (Å²) in [6.07, 6.45) is 6.93. The quantitative estimate of drug-likeness (QED) is 0.648. The first-order valence-electron chi connectivity index (χ1n) is 9.42. The minimum Gasteiger partial charge on any atom is -0.468 e. The van der Waals surface area contributed by atoms with Crippen LogP contribution in [0.3, 0.4) is 0 Å². The second kappa shape index (κ2) is 8.35. The molecular weight excluding hydrogens is 358 g/mol. The third-order valence-electron chi connectivity index (χ3n) is 4.97. The maximum Gasteiger partial charge on any atom is 0.246 e. The van der Waals surface area contributed by atoms with Crippen molar-refractivity contribution < 1.29 is 13.7 Å². The van der Waals surface area contributed by atoms with Crippen molar-refractivity contribution in [3.05, 3.63) is 54.6 Å². The number of hydrogen-bond donors (Lipinski definition) is 0. The minimum atomic E-state index is -0.0312. The van der Waals surface area contributed by atoms with E-state index in [-0.39, 0.29) is 11.8 Å². The number of aromatic nitrogens is 3. The molecule has 0 aromatic carbocycles. The van der Waals surface area contributed by atoms with E-state index in [9.17, 15) is 4.79 Å². The van der Waals surface area contributed by atoms with E-state index in [1.54, 1.807) is 30.6 Å². The molecule has 146 valence electrons. The average Bonchev–Trinajstić information content (AvgIpc) is 3.40. The Morgan fingerprint density at radius 3 is 2.96 bits per heavy atom. The van der Waals surface area contributed by atoms with E-state index >= 15 is 0 Å². The Kier molecular flexibility index (Phi) is 5.48. The highest BCUT2D eigenvalue weighted by Gasteiger charge is 2.29. The molecule has 1 fully saturated rings. The van der Waals surface area contributed by atoms with Crippen LogP contribution in [0.2, 0.25) is 0 Å². The van der Waals surface area contributed by atoms with Gasteiger partial charge in [0.1, 0.15) is 5.76 Å². The van der Waals surface area contributed by atoms with Crippen LogP contribution in [0.15, 0.2) is 51.9 Å². The van der Waals surface area contributed by atoms with Crippen molar-refractivity contribution in [3.8, 4) is 11.4 Å². The minimum absolute atomic E-state index is 0.0312. The number of hydrogen-bond acceptors (Lipinski definition) is 7. The van der Waals surface area contributed by atoms with E-state index in [1.165, 1.54) is 0 Å². The van der Waals surface area contributed by atoms with Gasteiger partial charge in [-0.3, -0.25) is 14.7 Å². The lowest BCUT2D eigenvalue weighted by atomic mass is 9.96. The average molecular weight is 381 g/mol. The number of carbonyl (C=O) groups excluding carboxylic acids is 1. The second-order valence-corrected chi connectivity index (χ2v) is 7.10. The molecule has 0 bridgehead atoms. The van der Waals surface area contributed by atoms with Crippen molar-refractivity contribution in [2.24, 2.45) is 5.92 Å². The number of rotatable bonds is 6. The molecule has 28 heavy (non-hydrogen) atoms. The fourth-order valence-corrected chi connectivity index (χ4v) is 3.55. The molecule has 0 saturated carbocycles. The third kappa shape index (κ3) is 4.28. The zero-order chi connectivity index (χ0) is 19.3. The fraction of sp³-hybridized carbons (Fsp3) is 0.400. The zero-order valence-corrected chi connectivity index (χ0v) is 15.8. The topological polar surface area (TPSA) is 88.5 Å². The number of likely N-dealkylation sites (tertiary alicyclic amines) is 1. The zero-order valence-electron chi connectivity index (χ0n) is 15.8. The van der Waals surface area contributed by atoms with Crippen molar-refractivity contribution in [1.29, 1.82) is 0 Å². The highest BCUT2D eigenvalue weighted by molar-refractivity contribution is 5.78. The smallest absolute Gasteiger partial charge is 0.246 e. The van der Waals surface area contributed by atoms with Gasteiger partial charge in [-0.05, 0) is 43.7 Å². The number of nitrogens with zero attached hydrogens (tertiary/aromatic N) is 5. The molecule has 0 aliphatic carbocycles. The standard InChI is InChI=1S/C20H23N5O3/c1-24(14-18-22-19(23-28-18)15-6-8-21-9-7-15)20(26)16-4-2-10-25(12-16)13-17-5-3-11-27-17/h3,5-9,11,16H,2,4,10,12-14H2,1H3. The summed E-state index contributed by atoms with van der Waals surface area (Å²) in [7, 11) is 1.78. The maximum atomic E-state index is 12.9. The van der Waals surface area contributed by atoms with E-state index in [4.69, 9.17) is 8.94 Å². The SMILES string of the molecule is CN(Cc1nc(-c2ccncc2)no1)C(=O)C1CCCN(Cc2ccco2)C1. The van der Waals surface area contributed by atoms with Crippen LogP contribution >= 0.6 is 0 Å². The summed E-state index contributed by atoms with van der Waals surface area (Å²) in [5.74, 6) is 1.92. The molecular formula is C20H23N5O3. The largest absolute Gasteiger partial charge is 0.468 e. The Morgan fingerprint density at radius 2 is 2.18 bits per heavy atom. The summed E-state index contributed by atoms with van der Waals surface area (Å²) in [6, 6.07) is 7.49. The Morgan fingerprint density at radius 1 is 1.32 bits per heavy atom. The van der Waals surface area contributed by atoms with Crippen LogP contribution in [-0.2, 0) is 17.9 Å². The number of carbonyl (C=O) groups is 1. The molecule has 0 radical (unpaired) electrons. The summed E-state index contributed by atoms with van der Waals surface area (Å²) >= 11 is 0. The van der Waals surface area contributed by atoms with Gasteiger partial charge in [0.25, 0.3) is 0 Å². The molecule has 4 rings (SSSR count). The van der Waals surface area contributed by atoms with Crippen LogP contribution in [-0.4, -0.2) is 51.0 Å². The predicted octanol–water partition coefficient (Wildman–Crippen LogP) is 2.60. The van der Waals surface area contributed by atoms with Gasteiger partial charge in [-0.1, -0.05) is 5.16 Å². The van der Waals surface area contributed by atoms with Crippen LogP contribution < -0.4 is 0 Å². The molecule has 1 amide bonds. The van der Waals surface area contributed by atoms with Gasteiger partial charge in [-0.15, -0.1) is 0 Å². The third-order valence-corrected chi connectivity index (χ3v) is 4.97. The van der Waals surface area contributed by atoms with E-state index in [2.05, 4.69) is 20.0 Å². The van der Waals surface area contributed by atoms with Gasteiger partial charge in [-0.25, -0.2) is 0 Å². The van der Waals surface area contributed by atoms with E-state index in [0.29, 0.717) is 18.3 Å². The van der Waals surface area contributed by atoms with Crippen LogP contribution in [0.5, 0.6) is 0 Å². The first kappa shape index (κ1) is 18.4. The number of furan rings is 1. The van der Waals surface area contributed by atoms with Gasteiger partial charge in [0, 0.05) is 31.5 Å². The molecule has 8 nitrogen and oxygen atoms in total.